The fraction of sp³-hybridized carbons (Fsp3) is 0.273. The Bertz CT molecular complexity index is 971. The van der Waals surface area contributed by atoms with Crippen molar-refractivity contribution in [1.29, 1.82) is 0 Å². The number of hydrogen-bond acceptors (Lipinski definition) is 2. The van der Waals surface area contributed by atoms with Gasteiger partial charge in [0.15, 0.2) is 5.11 Å². The molecule has 1 aromatic heterocycles. The van der Waals surface area contributed by atoms with Gasteiger partial charge in [0.1, 0.15) is 0 Å². The lowest BCUT2D eigenvalue weighted by Gasteiger charge is -2.12. The number of aromatic nitrogens is 2. The van der Waals surface area contributed by atoms with Gasteiger partial charge < -0.3 is 10.6 Å². The molecule has 0 amide bonds. The monoisotopic (exact) mass is 378 g/mol. The van der Waals surface area contributed by atoms with E-state index in [4.69, 9.17) is 12.2 Å². The first kappa shape index (κ1) is 19.1. The average molecular weight is 379 g/mol. The molecule has 0 saturated heterocycles. The second-order valence-corrected chi connectivity index (χ2v) is 7.48. The number of nitrogens with zero attached hydrogens (tertiary/aromatic N) is 2. The van der Waals surface area contributed by atoms with Crippen molar-refractivity contribution in [2.75, 3.05) is 10.6 Å². The number of anilines is 2. The van der Waals surface area contributed by atoms with E-state index in [1.54, 1.807) is 0 Å². The van der Waals surface area contributed by atoms with Gasteiger partial charge in [-0.2, -0.15) is 5.10 Å². The number of hydrogen-bond donors (Lipinski definition) is 2. The number of thiocarbonyl (C=S) groups is 1. The molecule has 0 aliphatic rings. The minimum absolute atomic E-state index is 0.569. The van der Waals surface area contributed by atoms with Crippen molar-refractivity contribution >= 4 is 28.7 Å². The van der Waals surface area contributed by atoms with Gasteiger partial charge in [0.25, 0.3) is 0 Å². The second-order valence-electron chi connectivity index (χ2n) is 7.07. The third-order valence-corrected chi connectivity index (χ3v) is 5.04. The topological polar surface area (TPSA) is 41.9 Å². The van der Waals surface area contributed by atoms with Crippen LogP contribution >= 0.6 is 12.2 Å². The van der Waals surface area contributed by atoms with Crippen LogP contribution in [0.5, 0.6) is 0 Å². The number of rotatable bonds is 4. The summed E-state index contributed by atoms with van der Waals surface area (Å²) in [5.74, 6) is 0. The van der Waals surface area contributed by atoms with Gasteiger partial charge in [-0.1, -0.05) is 35.9 Å². The lowest BCUT2D eigenvalue weighted by Crippen LogP contribution is -2.20. The standard InChI is InChI=1S/C22H26N4S/c1-14-6-9-19(10-7-14)13-26-18(5)21(17(4)25-26)24-22(27)23-20-11-8-15(2)16(3)12-20/h6-12H,13H2,1-5H3,(H2,23,24,27). The fourth-order valence-electron chi connectivity index (χ4n) is 2.99. The Labute approximate surface area is 166 Å². The van der Waals surface area contributed by atoms with Gasteiger partial charge in [-0.3, -0.25) is 4.68 Å². The summed E-state index contributed by atoms with van der Waals surface area (Å²) in [7, 11) is 0. The van der Waals surface area contributed by atoms with Crippen LogP contribution in [0.2, 0.25) is 0 Å². The molecule has 0 fully saturated rings. The summed E-state index contributed by atoms with van der Waals surface area (Å²) in [6.07, 6.45) is 0. The van der Waals surface area contributed by atoms with Gasteiger partial charge in [-0.05, 0) is 75.7 Å². The van der Waals surface area contributed by atoms with E-state index < -0.39 is 0 Å². The van der Waals surface area contributed by atoms with Crippen molar-refractivity contribution in [3.05, 3.63) is 76.1 Å². The van der Waals surface area contributed by atoms with Crippen LogP contribution in [-0.4, -0.2) is 14.9 Å². The van der Waals surface area contributed by atoms with Gasteiger partial charge in [-0.15, -0.1) is 0 Å². The molecular weight excluding hydrogens is 352 g/mol. The third kappa shape index (κ3) is 4.55. The van der Waals surface area contributed by atoms with E-state index in [0.717, 1.165) is 29.3 Å². The Hall–Kier alpha value is -2.66. The highest BCUT2D eigenvalue weighted by Crippen LogP contribution is 2.21. The molecule has 0 aliphatic carbocycles. The molecule has 0 spiro atoms. The van der Waals surface area contributed by atoms with Crippen LogP contribution in [0.3, 0.4) is 0 Å². The molecule has 1 heterocycles. The van der Waals surface area contributed by atoms with E-state index >= 15 is 0 Å². The first-order valence-corrected chi connectivity index (χ1v) is 9.49. The molecule has 2 aromatic carbocycles. The highest BCUT2D eigenvalue weighted by molar-refractivity contribution is 7.80. The molecule has 0 saturated carbocycles. The lowest BCUT2D eigenvalue weighted by molar-refractivity contribution is 0.659. The Morgan fingerprint density at radius 2 is 1.63 bits per heavy atom. The van der Waals surface area contributed by atoms with E-state index in [2.05, 4.69) is 79.8 Å². The van der Waals surface area contributed by atoms with Gasteiger partial charge >= 0.3 is 0 Å². The Kier molecular flexibility index (Phi) is 5.61. The summed E-state index contributed by atoms with van der Waals surface area (Å²) < 4.78 is 2.01. The zero-order valence-electron chi connectivity index (χ0n) is 16.6. The largest absolute Gasteiger partial charge is 0.332 e. The molecule has 27 heavy (non-hydrogen) atoms. The maximum Gasteiger partial charge on any atom is 0.175 e. The minimum atomic E-state index is 0.569. The molecule has 0 bridgehead atoms. The molecule has 0 atom stereocenters. The molecule has 140 valence electrons. The highest BCUT2D eigenvalue weighted by Gasteiger charge is 2.13. The summed E-state index contributed by atoms with van der Waals surface area (Å²) in [5, 5.41) is 11.8. The van der Waals surface area contributed by atoms with Crippen molar-refractivity contribution in [2.24, 2.45) is 0 Å². The highest BCUT2D eigenvalue weighted by atomic mass is 32.1. The summed E-state index contributed by atoms with van der Waals surface area (Å²) in [4.78, 5) is 0. The van der Waals surface area contributed by atoms with E-state index in [-0.39, 0.29) is 0 Å². The Morgan fingerprint density at radius 3 is 2.30 bits per heavy atom. The molecule has 0 aliphatic heterocycles. The molecular formula is C22H26N4S. The van der Waals surface area contributed by atoms with E-state index in [1.807, 2.05) is 17.7 Å². The molecule has 5 heteroatoms. The molecule has 4 nitrogen and oxygen atoms in total. The fourth-order valence-corrected chi connectivity index (χ4v) is 3.21. The van der Waals surface area contributed by atoms with E-state index in [0.29, 0.717) is 5.11 Å². The predicted molar refractivity (Wildman–Crippen MR) is 118 cm³/mol. The summed E-state index contributed by atoms with van der Waals surface area (Å²) >= 11 is 5.51. The van der Waals surface area contributed by atoms with Crippen LogP contribution in [0, 0.1) is 34.6 Å². The zero-order valence-corrected chi connectivity index (χ0v) is 17.4. The minimum Gasteiger partial charge on any atom is -0.332 e. The number of aryl methyl sites for hydroxylation is 4. The molecule has 0 unspecified atom stereocenters. The maximum absolute atomic E-state index is 5.51. The number of benzene rings is 2. The first-order chi connectivity index (χ1) is 12.8. The first-order valence-electron chi connectivity index (χ1n) is 9.08. The van der Waals surface area contributed by atoms with Gasteiger partial charge in [-0.25, -0.2) is 0 Å². The summed E-state index contributed by atoms with van der Waals surface area (Å²) in [5.41, 5.74) is 8.94. The van der Waals surface area contributed by atoms with Crippen LogP contribution in [0.4, 0.5) is 11.4 Å². The second kappa shape index (κ2) is 7.92. The van der Waals surface area contributed by atoms with Crippen LogP contribution < -0.4 is 10.6 Å². The quantitative estimate of drug-likeness (QED) is 0.606. The normalized spacial score (nSPS) is 10.7. The van der Waals surface area contributed by atoms with Crippen molar-refractivity contribution in [3.8, 4) is 0 Å². The van der Waals surface area contributed by atoms with Crippen LogP contribution in [0.25, 0.3) is 0 Å². The predicted octanol–water partition coefficient (Wildman–Crippen LogP) is 5.28. The molecule has 3 aromatic rings. The van der Waals surface area contributed by atoms with Crippen LogP contribution in [-0.2, 0) is 6.54 Å². The molecule has 2 N–H and O–H groups in total. The van der Waals surface area contributed by atoms with Gasteiger partial charge in [0.2, 0.25) is 0 Å². The van der Waals surface area contributed by atoms with Crippen molar-refractivity contribution < 1.29 is 0 Å². The van der Waals surface area contributed by atoms with Crippen LogP contribution in [0.1, 0.15) is 33.6 Å². The van der Waals surface area contributed by atoms with Crippen LogP contribution in [0.15, 0.2) is 42.5 Å². The Morgan fingerprint density at radius 1 is 0.926 bits per heavy atom. The SMILES string of the molecule is Cc1ccc(Cn2nc(C)c(NC(=S)Nc3ccc(C)c(C)c3)c2C)cc1. The summed E-state index contributed by atoms with van der Waals surface area (Å²) in [6, 6.07) is 14.8. The molecule has 0 radical (unpaired) electrons. The van der Waals surface area contributed by atoms with E-state index in [9.17, 15) is 0 Å². The smallest absolute Gasteiger partial charge is 0.175 e. The Balaban J connectivity index is 1.72. The average Bonchev–Trinajstić information content (AvgIpc) is 2.87. The lowest BCUT2D eigenvalue weighted by atomic mass is 10.1. The zero-order chi connectivity index (χ0) is 19.6. The number of nitrogens with one attached hydrogen (secondary N) is 2. The van der Waals surface area contributed by atoms with Gasteiger partial charge in [0, 0.05) is 5.69 Å². The summed E-state index contributed by atoms with van der Waals surface area (Å²) in [6.45, 7) is 11.1. The van der Waals surface area contributed by atoms with E-state index in [1.165, 1.54) is 22.3 Å². The van der Waals surface area contributed by atoms with Crippen molar-refractivity contribution in [2.45, 2.75) is 41.2 Å². The van der Waals surface area contributed by atoms with Crippen molar-refractivity contribution in [3.63, 3.8) is 0 Å². The van der Waals surface area contributed by atoms with Crippen molar-refractivity contribution in [1.82, 2.24) is 9.78 Å². The maximum atomic E-state index is 5.51. The van der Waals surface area contributed by atoms with Gasteiger partial charge in [0.05, 0.1) is 23.6 Å². The third-order valence-electron chi connectivity index (χ3n) is 4.84. The molecule has 3 rings (SSSR count).